The van der Waals surface area contributed by atoms with Crippen LogP contribution in [-0.4, -0.2) is 32.4 Å². The number of rotatable bonds is 5. The fourth-order valence-corrected chi connectivity index (χ4v) is 4.73. The third-order valence-corrected chi connectivity index (χ3v) is 6.25. The molecule has 1 aliphatic heterocycles. The smallest absolute Gasteiger partial charge is 0.244 e. The summed E-state index contributed by atoms with van der Waals surface area (Å²) >= 11 is 0. The van der Waals surface area contributed by atoms with E-state index in [-0.39, 0.29) is 23.3 Å². The highest BCUT2D eigenvalue weighted by Crippen LogP contribution is 2.47. The lowest BCUT2D eigenvalue weighted by Gasteiger charge is -2.07. The molecule has 120 valence electrons. The van der Waals surface area contributed by atoms with Gasteiger partial charge in [0.15, 0.2) is 9.84 Å². The van der Waals surface area contributed by atoms with Crippen molar-refractivity contribution in [2.75, 3.05) is 18.1 Å². The molecule has 3 rings (SSSR count). The molecule has 1 saturated carbocycles. The van der Waals surface area contributed by atoms with Gasteiger partial charge in [0, 0.05) is 18.5 Å². The van der Waals surface area contributed by atoms with E-state index in [0.29, 0.717) is 30.6 Å². The monoisotopic (exact) mass is 323 g/mol. The van der Waals surface area contributed by atoms with Gasteiger partial charge >= 0.3 is 0 Å². The summed E-state index contributed by atoms with van der Waals surface area (Å²) < 4.78 is 28.4. The van der Waals surface area contributed by atoms with Gasteiger partial charge in [0.25, 0.3) is 0 Å². The first-order valence-electron chi connectivity index (χ1n) is 7.69. The predicted octanol–water partition coefficient (Wildman–Crippen LogP) is 1.97. The predicted molar refractivity (Wildman–Crippen MR) is 84.0 cm³/mol. The number of nitrogens with one attached hydrogen (secondary N) is 1. The van der Waals surface area contributed by atoms with Crippen LogP contribution in [0.5, 0.6) is 0 Å². The molecule has 1 aliphatic carbocycles. The molecule has 0 aromatic carbocycles. The lowest BCUT2D eigenvalue weighted by Crippen LogP contribution is -2.28. The lowest BCUT2D eigenvalue weighted by molar-refractivity contribution is -0.116. The molecule has 1 aromatic heterocycles. The third kappa shape index (κ3) is 3.80. The summed E-state index contributed by atoms with van der Waals surface area (Å²) in [7, 11) is -2.89. The van der Waals surface area contributed by atoms with Crippen molar-refractivity contribution in [3.05, 3.63) is 29.7 Å². The minimum absolute atomic E-state index is 0.0360. The summed E-state index contributed by atoms with van der Waals surface area (Å²) in [5, 5.41) is 2.75. The Morgan fingerprint density at radius 2 is 2.23 bits per heavy atom. The van der Waals surface area contributed by atoms with Crippen LogP contribution in [-0.2, 0) is 14.6 Å². The van der Waals surface area contributed by atoms with Crippen molar-refractivity contribution in [1.29, 1.82) is 0 Å². The molecule has 5 nitrogen and oxygen atoms in total. The zero-order valence-corrected chi connectivity index (χ0v) is 13.4. The summed E-state index contributed by atoms with van der Waals surface area (Å²) in [6.45, 7) is 2.60. The highest BCUT2D eigenvalue weighted by Gasteiger charge is 2.36. The maximum absolute atomic E-state index is 11.8. The largest absolute Gasteiger partial charge is 0.461 e. The van der Waals surface area contributed by atoms with Crippen LogP contribution in [0.4, 0.5) is 0 Å². The highest BCUT2D eigenvalue weighted by atomic mass is 32.2. The molecule has 2 fully saturated rings. The molecule has 0 bridgehead atoms. The van der Waals surface area contributed by atoms with Gasteiger partial charge in [-0.05, 0) is 42.9 Å². The minimum Gasteiger partial charge on any atom is -0.461 e. The third-order valence-electron chi connectivity index (χ3n) is 4.41. The lowest BCUT2D eigenvalue weighted by atomic mass is 10.1. The Balaban J connectivity index is 1.46. The van der Waals surface area contributed by atoms with E-state index in [4.69, 9.17) is 4.42 Å². The topological polar surface area (TPSA) is 76.4 Å². The number of furan rings is 1. The normalized spacial score (nSPS) is 29.8. The first-order valence-corrected chi connectivity index (χ1v) is 9.51. The molecule has 2 heterocycles. The fraction of sp³-hybridized carbons (Fsp3) is 0.562. The van der Waals surface area contributed by atoms with Gasteiger partial charge in [-0.2, -0.15) is 0 Å². The molecular formula is C16H21NO4S. The van der Waals surface area contributed by atoms with Gasteiger partial charge in [0.1, 0.15) is 11.5 Å². The molecule has 1 aromatic rings. The maximum Gasteiger partial charge on any atom is 0.244 e. The van der Waals surface area contributed by atoms with Gasteiger partial charge in [-0.3, -0.25) is 4.79 Å². The Kier molecular flexibility index (Phi) is 4.12. The molecule has 22 heavy (non-hydrogen) atoms. The van der Waals surface area contributed by atoms with Crippen molar-refractivity contribution < 1.29 is 17.6 Å². The van der Waals surface area contributed by atoms with Crippen molar-refractivity contribution in [3.8, 4) is 0 Å². The summed E-state index contributed by atoms with van der Waals surface area (Å²) in [6.07, 6.45) is 4.88. The van der Waals surface area contributed by atoms with Crippen LogP contribution >= 0.6 is 0 Å². The van der Waals surface area contributed by atoms with Crippen LogP contribution in [0.15, 0.2) is 22.6 Å². The number of hydrogen-bond donors (Lipinski definition) is 1. The molecule has 0 radical (unpaired) electrons. The van der Waals surface area contributed by atoms with E-state index in [9.17, 15) is 13.2 Å². The van der Waals surface area contributed by atoms with Gasteiger partial charge in [-0.1, -0.05) is 6.92 Å². The SMILES string of the molecule is C[C@@H]1C[C@@H]1c1ccc(/C=C/C(=O)NC[C@@H]2CCS(=O)(=O)C2)o1. The molecule has 1 saturated heterocycles. The Morgan fingerprint density at radius 1 is 1.45 bits per heavy atom. The Labute approximate surface area is 130 Å². The first kappa shape index (κ1) is 15.3. The average molecular weight is 323 g/mol. The summed E-state index contributed by atoms with van der Waals surface area (Å²) in [5.74, 6) is 3.11. The standard InChI is InChI=1S/C16H21NO4S/c1-11-8-14(11)15-4-2-13(21-15)3-5-16(18)17-9-12-6-7-22(19,20)10-12/h2-5,11-12,14H,6-10H2,1H3,(H,17,18)/b5-3+/t11-,12+,14+/m1/s1. The Bertz CT molecular complexity index is 689. The van der Waals surface area contributed by atoms with Gasteiger partial charge in [0.05, 0.1) is 11.5 Å². The van der Waals surface area contributed by atoms with E-state index in [0.717, 1.165) is 5.76 Å². The van der Waals surface area contributed by atoms with Crippen LogP contribution in [0.1, 0.15) is 37.2 Å². The van der Waals surface area contributed by atoms with Crippen LogP contribution in [0.2, 0.25) is 0 Å². The zero-order valence-electron chi connectivity index (χ0n) is 12.6. The molecular weight excluding hydrogens is 302 g/mol. The molecule has 2 aliphatic rings. The van der Waals surface area contributed by atoms with Crippen LogP contribution in [0.25, 0.3) is 6.08 Å². The molecule has 3 atom stereocenters. The van der Waals surface area contributed by atoms with E-state index in [1.807, 2.05) is 12.1 Å². The maximum atomic E-state index is 11.8. The number of carbonyl (C=O) groups is 1. The number of amides is 1. The number of carbonyl (C=O) groups excluding carboxylic acids is 1. The molecule has 0 unspecified atom stereocenters. The average Bonchev–Trinajstić information content (AvgIpc) is 2.88. The Hall–Kier alpha value is -1.56. The zero-order chi connectivity index (χ0) is 15.7. The number of sulfone groups is 1. The van der Waals surface area contributed by atoms with Crippen molar-refractivity contribution in [2.45, 2.75) is 25.7 Å². The summed E-state index contributed by atoms with van der Waals surface area (Å²) in [4.78, 5) is 11.8. The fourth-order valence-electron chi connectivity index (χ4n) is 2.87. The van der Waals surface area contributed by atoms with Crippen LogP contribution in [0.3, 0.4) is 0 Å². The number of hydrogen-bond acceptors (Lipinski definition) is 4. The van der Waals surface area contributed by atoms with Gasteiger partial charge in [-0.15, -0.1) is 0 Å². The van der Waals surface area contributed by atoms with E-state index in [1.165, 1.54) is 12.5 Å². The molecule has 1 amide bonds. The molecule has 1 N–H and O–H groups in total. The molecule has 0 spiro atoms. The second kappa shape index (κ2) is 5.91. The second-order valence-electron chi connectivity index (χ2n) is 6.41. The van der Waals surface area contributed by atoms with E-state index in [2.05, 4.69) is 12.2 Å². The first-order chi connectivity index (χ1) is 10.4. The van der Waals surface area contributed by atoms with Crippen LogP contribution in [0, 0.1) is 11.8 Å². The van der Waals surface area contributed by atoms with E-state index < -0.39 is 9.84 Å². The van der Waals surface area contributed by atoms with Gasteiger partial charge in [0.2, 0.25) is 5.91 Å². The van der Waals surface area contributed by atoms with E-state index >= 15 is 0 Å². The van der Waals surface area contributed by atoms with Crippen molar-refractivity contribution >= 4 is 21.8 Å². The van der Waals surface area contributed by atoms with Crippen molar-refractivity contribution in [1.82, 2.24) is 5.32 Å². The minimum atomic E-state index is -2.89. The molecule has 6 heteroatoms. The quantitative estimate of drug-likeness (QED) is 0.841. The van der Waals surface area contributed by atoms with Crippen LogP contribution < -0.4 is 5.32 Å². The van der Waals surface area contributed by atoms with E-state index in [1.54, 1.807) is 6.08 Å². The van der Waals surface area contributed by atoms with Crippen molar-refractivity contribution in [2.24, 2.45) is 11.8 Å². The highest BCUT2D eigenvalue weighted by molar-refractivity contribution is 7.91. The Morgan fingerprint density at radius 3 is 2.86 bits per heavy atom. The van der Waals surface area contributed by atoms with Gasteiger partial charge < -0.3 is 9.73 Å². The van der Waals surface area contributed by atoms with Crippen molar-refractivity contribution in [3.63, 3.8) is 0 Å². The summed E-state index contributed by atoms with van der Waals surface area (Å²) in [6, 6.07) is 3.84. The summed E-state index contributed by atoms with van der Waals surface area (Å²) in [5.41, 5.74) is 0. The second-order valence-corrected chi connectivity index (χ2v) is 8.64. The van der Waals surface area contributed by atoms with Gasteiger partial charge in [-0.25, -0.2) is 8.42 Å².